The molecule has 0 bridgehead atoms. The van der Waals surface area contributed by atoms with Crippen LogP contribution in [0.2, 0.25) is 0 Å². The lowest BCUT2D eigenvalue weighted by Crippen LogP contribution is -2.47. The van der Waals surface area contributed by atoms with Gasteiger partial charge >= 0.3 is 0 Å². The Bertz CT molecular complexity index is 1070. The van der Waals surface area contributed by atoms with Gasteiger partial charge in [0.05, 0.1) is 24.6 Å². The number of sulfonamides is 1. The van der Waals surface area contributed by atoms with Crippen molar-refractivity contribution in [1.82, 2.24) is 9.62 Å². The molecule has 3 rings (SSSR count). The zero-order valence-electron chi connectivity index (χ0n) is 20.3. The third kappa shape index (κ3) is 5.76. The predicted octanol–water partition coefficient (Wildman–Crippen LogP) is 4.82. The van der Waals surface area contributed by atoms with Crippen LogP contribution in [0.3, 0.4) is 0 Å². The standard InChI is InChI=1S/C26H36N2O4S/c1-18-15-19(2)26(20(3)16-18)33(30,31)28(22-11-7-6-8-12-22)17-25(29)27-21(4)23-13-9-10-14-24(23)32-5/h9-10,13-16,21-22H,6-8,11-12,17H2,1-5H3,(H,27,29)/t21-/m0/s1. The summed E-state index contributed by atoms with van der Waals surface area (Å²) in [5.41, 5.74) is 3.31. The number of hydrogen-bond acceptors (Lipinski definition) is 4. The lowest BCUT2D eigenvalue weighted by Gasteiger charge is -2.34. The van der Waals surface area contributed by atoms with Crippen molar-refractivity contribution in [2.45, 2.75) is 76.8 Å². The molecule has 7 heteroatoms. The van der Waals surface area contributed by atoms with E-state index in [1.165, 1.54) is 4.31 Å². The van der Waals surface area contributed by atoms with E-state index in [0.29, 0.717) is 10.6 Å². The summed E-state index contributed by atoms with van der Waals surface area (Å²) in [5, 5.41) is 2.98. The lowest BCUT2D eigenvalue weighted by atomic mass is 9.95. The fraction of sp³-hybridized carbons (Fsp3) is 0.500. The highest BCUT2D eigenvalue weighted by atomic mass is 32.2. The van der Waals surface area contributed by atoms with Crippen LogP contribution in [-0.2, 0) is 14.8 Å². The molecule has 6 nitrogen and oxygen atoms in total. The summed E-state index contributed by atoms with van der Waals surface area (Å²) in [6.07, 6.45) is 4.60. The molecule has 33 heavy (non-hydrogen) atoms. The Labute approximate surface area is 198 Å². The number of benzene rings is 2. The quantitative estimate of drug-likeness (QED) is 0.598. The van der Waals surface area contributed by atoms with Crippen molar-refractivity contribution in [3.05, 3.63) is 58.7 Å². The second kappa shape index (κ2) is 10.7. The van der Waals surface area contributed by atoms with Crippen molar-refractivity contribution in [3.8, 4) is 5.75 Å². The minimum atomic E-state index is -3.84. The molecule has 1 saturated carbocycles. The number of amides is 1. The zero-order valence-corrected chi connectivity index (χ0v) is 21.2. The van der Waals surface area contributed by atoms with Gasteiger partial charge in [-0.25, -0.2) is 8.42 Å². The maximum Gasteiger partial charge on any atom is 0.244 e. The number of methoxy groups -OCH3 is 1. The predicted molar refractivity (Wildman–Crippen MR) is 131 cm³/mol. The van der Waals surface area contributed by atoms with Gasteiger partial charge in [-0.05, 0) is 57.7 Å². The summed E-state index contributed by atoms with van der Waals surface area (Å²) in [5.74, 6) is 0.373. The summed E-state index contributed by atoms with van der Waals surface area (Å²) in [6.45, 7) is 7.30. The third-order valence-corrected chi connectivity index (χ3v) is 8.64. The van der Waals surface area contributed by atoms with Crippen LogP contribution in [0.1, 0.15) is 67.3 Å². The summed E-state index contributed by atoms with van der Waals surface area (Å²) >= 11 is 0. The van der Waals surface area contributed by atoms with Crippen LogP contribution in [0.15, 0.2) is 41.3 Å². The van der Waals surface area contributed by atoms with Gasteiger partial charge in [-0.15, -0.1) is 0 Å². The first kappa shape index (κ1) is 25.2. The van der Waals surface area contributed by atoms with Crippen LogP contribution in [0.4, 0.5) is 0 Å². The molecule has 0 saturated heterocycles. The van der Waals surface area contributed by atoms with E-state index in [2.05, 4.69) is 5.32 Å². The van der Waals surface area contributed by atoms with E-state index in [4.69, 9.17) is 4.74 Å². The first-order chi connectivity index (χ1) is 15.6. The Balaban J connectivity index is 1.89. The van der Waals surface area contributed by atoms with E-state index < -0.39 is 10.0 Å². The molecule has 0 aromatic heterocycles. The normalized spacial score (nSPS) is 15.9. The van der Waals surface area contributed by atoms with E-state index in [9.17, 15) is 13.2 Å². The van der Waals surface area contributed by atoms with Crippen molar-refractivity contribution in [2.75, 3.05) is 13.7 Å². The van der Waals surface area contributed by atoms with E-state index in [-0.39, 0.29) is 24.5 Å². The van der Waals surface area contributed by atoms with Gasteiger partial charge in [-0.1, -0.05) is 55.2 Å². The average molecular weight is 473 g/mol. The number of carbonyl (C=O) groups is 1. The van der Waals surface area contributed by atoms with Crippen molar-refractivity contribution in [1.29, 1.82) is 0 Å². The molecular weight excluding hydrogens is 436 g/mol. The van der Waals surface area contributed by atoms with Gasteiger partial charge < -0.3 is 10.1 Å². The SMILES string of the molecule is COc1ccccc1[C@H](C)NC(=O)CN(C1CCCCC1)S(=O)(=O)c1c(C)cc(C)cc1C. The second-order valence-electron chi connectivity index (χ2n) is 9.10. The second-order valence-corrected chi connectivity index (χ2v) is 10.9. The van der Waals surface area contributed by atoms with Gasteiger partial charge in [-0.3, -0.25) is 4.79 Å². The van der Waals surface area contributed by atoms with E-state index in [0.717, 1.165) is 54.4 Å². The minimum Gasteiger partial charge on any atom is -0.496 e. The number of hydrogen-bond donors (Lipinski definition) is 1. The molecule has 0 heterocycles. The first-order valence-electron chi connectivity index (χ1n) is 11.7. The Kier molecular flexibility index (Phi) is 8.19. The molecule has 1 aliphatic rings. The van der Waals surface area contributed by atoms with E-state index >= 15 is 0 Å². The summed E-state index contributed by atoms with van der Waals surface area (Å²) in [4.78, 5) is 13.4. The highest BCUT2D eigenvalue weighted by Crippen LogP contribution is 2.31. The monoisotopic (exact) mass is 472 g/mol. The molecule has 1 amide bonds. The van der Waals surface area contributed by atoms with Crippen molar-refractivity contribution >= 4 is 15.9 Å². The maximum atomic E-state index is 13.9. The van der Waals surface area contributed by atoms with Crippen molar-refractivity contribution in [3.63, 3.8) is 0 Å². The molecule has 1 N–H and O–H groups in total. The molecule has 1 fully saturated rings. The zero-order chi connectivity index (χ0) is 24.2. The number of carbonyl (C=O) groups excluding carboxylic acids is 1. The van der Waals surface area contributed by atoms with Crippen LogP contribution in [-0.4, -0.2) is 38.3 Å². The van der Waals surface area contributed by atoms with Crippen LogP contribution in [0.5, 0.6) is 5.75 Å². The minimum absolute atomic E-state index is 0.170. The molecule has 1 atom stereocenters. The van der Waals surface area contributed by atoms with Gasteiger partial charge in [0.25, 0.3) is 0 Å². The highest BCUT2D eigenvalue weighted by Gasteiger charge is 2.36. The summed E-state index contributed by atoms with van der Waals surface area (Å²) in [7, 11) is -2.25. The largest absolute Gasteiger partial charge is 0.496 e. The number of ether oxygens (including phenoxy) is 1. The van der Waals surface area contributed by atoms with E-state index in [1.54, 1.807) is 7.11 Å². The lowest BCUT2D eigenvalue weighted by molar-refractivity contribution is -0.122. The number of para-hydroxylation sites is 1. The van der Waals surface area contributed by atoms with Gasteiger partial charge in [-0.2, -0.15) is 4.31 Å². The smallest absolute Gasteiger partial charge is 0.244 e. The molecule has 2 aromatic rings. The fourth-order valence-corrected chi connectivity index (χ4v) is 7.06. The van der Waals surface area contributed by atoms with Gasteiger partial charge in [0.1, 0.15) is 5.75 Å². The molecule has 2 aromatic carbocycles. The molecule has 0 radical (unpaired) electrons. The summed E-state index contributed by atoms with van der Waals surface area (Å²) < 4.78 is 34.7. The van der Waals surface area contributed by atoms with Crippen LogP contribution < -0.4 is 10.1 Å². The van der Waals surface area contributed by atoms with Gasteiger partial charge in [0, 0.05) is 11.6 Å². The Hall–Kier alpha value is -2.38. The Morgan fingerprint density at radius 3 is 2.30 bits per heavy atom. The molecular formula is C26H36N2O4S. The maximum absolute atomic E-state index is 13.9. The number of nitrogens with zero attached hydrogens (tertiary/aromatic N) is 1. The number of rotatable bonds is 8. The highest BCUT2D eigenvalue weighted by molar-refractivity contribution is 7.89. The number of aryl methyl sites for hydroxylation is 3. The van der Waals surface area contributed by atoms with Crippen LogP contribution >= 0.6 is 0 Å². The molecule has 0 spiro atoms. The Morgan fingerprint density at radius 1 is 1.09 bits per heavy atom. The van der Waals surface area contributed by atoms with Crippen LogP contribution in [0.25, 0.3) is 0 Å². The van der Waals surface area contributed by atoms with Crippen molar-refractivity contribution < 1.29 is 17.9 Å². The summed E-state index contributed by atoms with van der Waals surface area (Å²) in [6, 6.07) is 10.8. The fourth-order valence-electron chi connectivity index (χ4n) is 5.00. The van der Waals surface area contributed by atoms with Crippen molar-refractivity contribution in [2.24, 2.45) is 0 Å². The third-order valence-electron chi connectivity index (χ3n) is 6.44. The van der Waals surface area contributed by atoms with E-state index in [1.807, 2.05) is 64.1 Å². The average Bonchev–Trinajstić information content (AvgIpc) is 2.77. The van der Waals surface area contributed by atoms with Gasteiger partial charge in [0.2, 0.25) is 15.9 Å². The molecule has 1 aliphatic carbocycles. The molecule has 0 unspecified atom stereocenters. The molecule has 0 aliphatic heterocycles. The first-order valence-corrected chi connectivity index (χ1v) is 13.1. The molecule has 180 valence electrons. The van der Waals surface area contributed by atoms with Crippen LogP contribution in [0, 0.1) is 20.8 Å². The topological polar surface area (TPSA) is 75.7 Å². The van der Waals surface area contributed by atoms with Gasteiger partial charge in [0.15, 0.2) is 0 Å². The Morgan fingerprint density at radius 2 is 1.70 bits per heavy atom. The number of nitrogens with one attached hydrogen (secondary N) is 1.